The van der Waals surface area contributed by atoms with Crippen molar-refractivity contribution in [2.24, 2.45) is 0 Å². The zero-order valence-corrected chi connectivity index (χ0v) is 7.82. The highest BCUT2D eigenvalue weighted by atomic mass is 16.2. The summed E-state index contributed by atoms with van der Waals surface area (Å²) in [5, 5.41) is 3.30. The second-order valence-electron chi connectivity index (χ2n) is 3.56. The molecule has 2 rings (SSSR count). The SMILES string of the molecule is O=c1ccn(C[C@@H]2CCCN2)c(=O)[nH]1. The van der Waals surface area contributed by atoms with Crippen molar-refractivity contribution in [3.63, 3.8) is 0 Å². The Labute approximate surface area is 80.8 Å². The van der Waals surface area contributed by atoms with Crippen molar-refractivity contribution in [2.45, 2.75) is 25.4 Å². The highest BCUT2D eigenvalue weighted by molar-refractivity contribution is 4.85. The second-order valence-corrected chi connectivity index (χ2v) is 3.56. The smallest absolute Gasteiger partial charge is 0.312 e. The van der Waals surface area contributed by atoms with Gasteiger partial charge in [-0.15, -0.1) is 0 Å². The molecule has 1 aromatic heterocycles. The molecule has 1 fully saturated rings. The Balaban J connectivity index is 2.16. The topological polar surface area (TPSA) is 66.9 Å². The van der Waals surface area contributed by atoms with Crippen LogP contribution in [-0.4, -0.2) is 22.1 Å². The first-order valence-corrected chi connectivity index (χ1v) is 4.79. The highest BCUT2D eigenvalue weighted by Crippen LogP contribution is 2.05. The van der Waals surface area contributed by atoms with Gasteiger partial charge in [-0.1, -0.05) is 0 Å². The van der Waals surface area contributed by atoms with Crippen molar-refractivity contribution in [3.8, 4) is 0 Å². The first kappa shape index (κ1) is 9.21. The fraction of sp³-hybridized carbons (Fsp3) is 0.556. The van der Waals surface area contributed by atoms with Gasteiger partial charge in [-0.05, 0) is 19.4 Å². The average Bonchev–Trinajstić information content (AvgIpc) is 2.62. The first-order valence-electron chi connectivity index (χ1n) is 4.79. The Kier molecular flexibility index (Phi) is 2.49. The minimum atomic E-state index is -0.342. The van der Waals surface area contributed by atoms with Crippen LogP contribution in [0.15, 0.2) is 21.9 Å². The molecule has 0 amide bonds. The summed E-state index contributed by atoms with van der Waals surface area (Å²) in [5.74, 6) is 0. The van der Waals surface area contributed by atoms with Crippen LogP contribution in [0.2, 0.25) is 0 Å². The van der Waals surface area contributed by atoms with Crippen LogP contribution in [0.4, 0.5) is 0 Å². The predicted octanol–water partition coefficient (Wildman–Crippen LogP) is -0.711. The largest absolute Gasteiger partial charge is 0.328 e. The van der Waals surface area contributed by atoms with Crippen LogP contribution in [0, 0.1) is 0 Å². The van der Waals surface area contributed by atoms with Crippen molar-refractivity contribution in [2.75, 3.05) is 6.54 Å². The average molecular weight is 195 g/mol. The zero-order chi connectivity index (χ0) is 9.97. The van der Waals surface area contributed by atoms with E-state index in [9.17, 15) is 9.59 Å². The normalized spacial score (nSPS) is 21.3. The van der Waals surface area contributed by atoms with Crippen LogP contribution in [0.25, 0.3) is 0 Å². The number of nitrogens with one attached hydrogen (secondary N) is 2. The number of hydrogen-bond donors (Lipinski definition) is 2. The molecule has 2 N–H and O–H groups in total. The van der Waals surface area contributed by atoms with E-state index >= 15 is 0 Å². The molecule has 1 aliphatic heterocycles. The fourth-order valence-electron chi connectivity index (χ4n) is 1.74. The number of aromatic amines is 1. The predicted molar refractivity (Wildman–Crippen MR) is 52.3 cm³/mol. The fourth-order valence-corrected chi connectivity index (χ4v) is 1.74. The van der Waals surface area contributed by atoms with Gasteiger partial charge in [0.05, 0.1) is 0 Å². The number of aromatic nitrogens is 2. The lowest BCUT2D eigenvalue weighted by molar-refractivity contribution is 0.492. The first-order chi connectivity index (χ1) is 6.75. The van der Waals surface area contributed by atoms with E-state index in [2.05, 4.69) is 10.3 Å². The van der Waals surface area contributed by atoms with Crippen LogP contribution >= 0.6 is 0 Å². The Morgan fingerprint density at radius 1 is 1.50 bits per heavy atom. The second kappa shape index (κ2) is 3.79. The molecule has 1 aromatic rings. The standard InChI is InChI=1S/C9H13N3O2/c13-8-3-5-12(9(14)11-8)6-7-2-1-4-10-7/h3,5,7,10H,1-2,4,6H2,(H,11,13,14)/t7-/m0/s1. The van der Waals surface area contributed by atoms with Gasteiger partial charge in [0.1, 0.15) is 0 Å². The molecule has 0 aliphatic carbocycles. The number of H-pyrrole nitrogens is 1. The lowest BCUT2D eigenvalue weighted by Crippen LogP contribution is -2.35. The van der Waals surface area contributed by atoms with Gasteiger partial charge >= 0.3 is 5.69 Å². The van der Waals surface area contributed by atoms with Gasteiger partial charge in [0.15, 0.2) is 0 Å². The van der Waals surface area contributed by atoms with Gasteiger partial charge in [-0.3, -0.25) is 14.3 Å². The Hall–Kier alpha value is -1.36. The van der Waals surface area contributed by atoms with E-state index in [4.69, 9.17) is 0 Å². The van der Waals surface area contributed by atoms with Crippen molar-refractivity contribution in [1.82, 2.24) is 14.9 Å². The van der Waals surface area contributed by atoms with Crippen LogP contribution in [-0.2, 0) is 6.54 Å². The molecular weight excluding hydrogens is 182 g/mol. The van der Waals surface area contributed by atoms with Gasteiger partial charge in [-0.2, -0.15) is 0 Å². The third kappa shape index (κ3) is 1.93. The summed E-state index contributed by atoms with van der Waals surface area (Å²) in [4.78, 5) is 24.3. The molecule has 0 radical (unpaired) electrons. The molecule has 0 spiro atoms. The van der Waals surface area contributed by atoms with Gasteiger partial charge in [-0.25, -0.2) is 4.79 Å². The van der Waals surface area contributed by atoms with E-state index in [1.54, 1.807) is 6.20 Å². The maximum atomic E-state index is 11.3. The summed E-state index contributed by atoms with van der Waals surface area (Å²) in [6.07, 6.45) is 3.79. The van der Waals surface area contributed by atoms with Crippen LogP contribution < -0.4 is 16.6 Å². The maximum Gasteiger partial charge on any atom is 0.328 e. The highest BCUT2D eigenvalue weighted by Gasteiger charge is 2.14. The van der Waals surface area contributed by atoms with Crippen molar-refractivity contribution < 1.29 is 0 Å². The summed E-state index contributed by atoms with van der Waals surface area (Å²) >= 11 is 0. The summed E-state index contributed by atoms with van der Waals surface area (Å²) in [7, 11) is 0. The lowest BCUT2D eigenvalue weighted by Gasteiger charge is -2.11. The lowest BCUT2D eigenvalue weighted by atomic mass is 10.2. The molecule has 5 heteroatoms. The van der Waals surface area contributed by atoms with Gasteiger partial charge in [0.2, 0.25) is 0 Å². The molecule has 2 heterocycles. The quantitative estimate of drug-likeness (QED) is 0.655. The zero-order valence-electron chi connectivity index (χ0n) is 7.82. The minimum absolute atomic E-state index is 0.328. The third-order valence-electron chi connectivity index (χ3n) is 2.48. The van der Waals surface area contributed by atoms with E-state index in [1.807, 2.05) is 0 Å². The van der Waals surface area contributed by atoms with Gasteiger partial charge < -0.3 is 5.32 Å². The number of rotatable bonds is 2. The van der Waals surface area contributed by atoms with Crippen molar-refractivity contribution >= 4 is 0 Å². The van der Waals surface area contributed by atoms with E-state index in [-0.39, 0.29) is 11.2 Å². The molecule has 1 saturated heterocycles. The molecule has 0 aromatic carbocycles. The number of hydrogen-bond acceptors (Lipinski definition) is 3. The molecular formula is C9H13N3O2. The van der Waals surface area contributed by atoms with Crippen molar-refractivity contribution in [3.05, 3.63) is 33.1 Å². The van der Waals surface area contributed by atoms with E-state index in [0.29, 0.717) is 12.6 Å². The summed E-state index contributed by atoms with van der Waals surface area (Å²) in [6, 6.07) is 1.73. The Morgan fingerprint density at radius 2 is 2.36 bits per heavy atom. The maximum absolute atomic E-state index is 11.3. The van der Waals surface area contributed by atoms with E-state index < -0.39 is 0 Å². The summed E-state index contributed by atoms with van der Waals surface area (Å²) in [6.45, 7) is 1.65. The minimum Gasteiger partial charge on any atom is -0.312 e. The number of nitrogens with zero attached hydrogens (tertiary/aromatic N) is 1. The Bertz CT molecular complexity index is 415. The molecule has 14 heavy (non-hydrogen) atoms. The van der Waals surface area contributed by atoms with Gasteiger partial charge in [0.25, 0.3) is 5.56 Å². The van der Waals surface area contributed by atoms with E-state index in [1.165, 1.54) is 10.6 Å². The molecule has 5 nitrogen and oxygen atoms in total. The van der Waals surface area contributed by atoms with Crippen LogP contribution in [0.1, 0.15) is 12.8 Å². The molecule has 1 atom stereocenters. The third-order valence-corrected chi connectivity index (χ3v) is 2.48. The van der Waals surface area contributed by atoms with Crippen molar-refractivity contribution in [1.29, 1.82) is 0 Å². The molecule has 0 unspecified atom stereocenters. The molecule has 0 bridgehead atoms. The van der Waals surface area contributed by atoms with Crippen LogP contribution in [0.5, 0.6) is 0 Å². The Morgan fingerprint density at radius 3 is 3.00 bits per heavy atom. The summed E-state index contributed by atoms with van der Waals surface area (Å²) in [5.41, 5.74) is -0.670. The molecule has 76 valence electrons. The van der Waals surface area contributed by atoms with Gasteiger partial charge in [0, 0.05) is 24.8 Å². The summed E-state index contributed by atoms with van der Waals surface area (Å²) < 4.78 is 1.53. The van der Waals surface area contributed by atoms with E-state index in [0.717, 1.165) is 19.4 Å². The molecule has 0 saturated carbocycles. The molecule has 1 aliphatic rings. The monoisotopic (exact) mass is 195 g/mol. The van der Waals surface area contributed by atoms with Crippen LogP contribution in [0.3, 0.4) is 0 Å².